The Bertz CT molecular complexity index is 3220. The van der Waals surface area contributed by atoms with Crippen LogP contribution in [-0.2, 0) is 30.3 Å². The van der Waals surface area contributed by atoms with Crippen LogP contribution in [0.4, 0.5) is 22.7 Å². The number of fused-ring (bicyclic) bond motifs is 2. The lowest BCUT2D eigenvalue weighted by atomic mass is 9.94. The molecule has 7 rings (SSSR count). The first kappa shape index (κ1) is 55.4. The van der Waals surface area contributed by atoms with Crippen molar-refractivity contribution in [2.45, 2.75) is 44.9 Å². The number of rotatable bonds is 26. The van der Waals surface area contributed by atoms with Gasteiger partial charge in [0.2, 0.25) is 5.13 Å². The van der Waals surface area contributed by atoms with Crippen LogP contribution in [-0.4, -0.2) is 80.0 Å². The van der Waals surface area contributed by atoms with Crippen molar-refractivity contribution in [2.75, 3.05) is 44.6 Å². The van der Waals surface area contributed by atoms with Gasteiger partial charge in [-0.05, 0) is 89.3 Å². The summed E-state index contributed by atoms with van der Waals surface area (Å²) < 4.78 is 89.4. The van der Waals surface area contributed by atoms with Crippen LogP contribution < -0.4 is 24.0 Å². The fourth-order valence-electron chi connectivity index (χ4n) is 7.61. The lowest BCUT2D eigenvalue weighted by Crippen LogP contribution is -2.21. The molecule has 0 aliphatic rings. The summed E-state index contributed by atoms with van der Waals surface area (Å²) >= 11 is 1.44. The SMILES string of the molecule is C=CCN(/N=C/c1cc(OCCCOC(=O)C(=C)C(F)(F)F)cc(OCCOC(=O)C=C)c1-c1ccc2cc(C(CCO)Oc3ccc(CCC(=O)Oc4ccc(C)cc4)c(F)c3)ccc2c1)c1nc2ccccc2s1. The van der Waals surface area contributed by atoms with Gasteiger partial charge in [0.25, 0.3) is 0 Å². The molecular weight excluding hydrogens is 1010 g/mol. The highest BCUT2D eigenvalue weighted by Gasteiger charge is 2.38. The zero-order valence-corrected chi connectivity index (χ0v) is 42.2. The first-order valence-electron chi connectivity index (χ1n) is 23.9. The largest absolute Gasteiger partial charge is 0.493 e. The van der Waals surface area contributed by atoms with Crippen molar-refractivity contribution in [3.63, 3.8) is 0 Å². The van der Waals surface area contributed by atoms with Crippen molar-refractivity contribution in [1.82, 2.24) is 4.98 Å². The number of carbonyl (C=O) groups excluding carboxylic acids is 3. The quantitative estimate of drug-likeness (QED) is 0.00802. The van der Waals surface area contributed by atoms with Crippen LogP contribution >= 0.6 is 11.3 Å². The molecule has 76 heavy (non-hydrogen) atoms. The number of hydrogen-bond acceptors (Lipinski definition) is 14. The second-order valence-corrected chi connectivity index (χ2v) is 18.0. The van der Waals surface area contributed by atoms with Gasteiger partial charge in [0.1, 0.15) is 53.7 Å². The number of aliphatic hydroxyl groups is 1. The van der Waals surface area contributed by atoms with E-state index in [4.69, 9.17) is 38.5 Å². The number of anilines is 1. The normalized spacial score (nSPS) is 11.8. The molecule has 0 saturated carbocycles. The number of para-hydroxylation sites is 1. The summed E-state index contributed by atoms with van der Waals surface area (Å²) in [5.74, 6) is -2.09. The molecule has 0 saturated heterocycles. The average Bonchev–Trinajstić information content (AvgIpc) is 3.85. The van der Waals surface area contributed by atoms with Gasteiger partial charge in [-0.15, -0.1) is 6.58 Å². The molecule has 0 bridgehead atoms. The van der Waals surface area contributed by atoms with E-state index in [1.807, 2.05) is 79.7 Å². The van der Waals surface area contributed by atoms with Gasteiger partial charge < -0.3 is 33.5 Å². The zero-order chi connectivity index (χ0) is 54.2. The first-order valence-corrected chi connectivity index (χ1v) is 24.8. The molecule has 394 valence electrons. The van der Waals surface area contributed by atoms with E-state index in [0.29, 0.717) is 38.7 Å². The molecule has 1 atom stereocenters. The Morgan fingerprint density at radius 1 is 0.842 bits per heavy atom. The van der Waals surface area contributed by atoms with Crippen molar-refractivity contribution in [1.29, 1.82) is 0 Å². The van der Waals surface area contributed by atoms with Crippen LogP contribution in [0.1, 0.15) is 47.6 Å². The Hall–Kier alpha value is -8.35. The Kier molecular flexibility index (Phi) is 19.1. The molecule has 1 N–H and O–H groups in total. The zero-order valence-electron chi connectivity index (χ0n) is 41.4. The fourth-order valence-corrected chi connectivity index (χ4v) is 8.54. The van der Waals surface area contributed by atoms with Crippen LogP contribution in [0.15, 0.2) is 158 Å². The van der Waals surface area contributed by atoms with Gasteiger partial charge >= 0.3 is 24.1 Å². The number of aryl methyl sites for hydroxylation is 2. The van der Waals surface area contributed by atoms with Crippen molar-refractivity contribution >= 4 is 61.6 Å². The van der Waals surface area contributed by atoms with Crippen LogP contribution in [0.2, 0.25) is 0 Å². The molecule has 1 aromatic heterocycles. The van der Waals surface area contributed by atoms with Gasteiger partial charge in [-0.3, -0.25) is 4.79 Å². The number of aromatic nitrogens is 1. The third kappa shape index (κ3) is 15.1. The lowest BCUT2D eigenvalue weighted by molar-refractivity contribution is -0.150. The highest BCUT2D eigenvalue weighted by Crippen LogP contribution is 2.40. The molecule has 0 spiro atoms. The Labute approximate surface area is 439 Å². The van der Waals surface area contributed by atoms with E-state index in [1.54, 1.807) is 53.7 Å². The van der Waals surface area contributed by atoms with Gasteiger partial charge in [0.15, 0.2) is 0 Å². The molecule has 0 radical (unpaired) electrons. The number of thiazole rings is 1. The molecule has 1 heterocycles. The van der Waals surface area contributed by atoms with Crippen LogP contribution in [0, 0.1) is 12.7 Å². The number of esters is 3. The first-order chi connectivity index (χ1) is 36.6. The maximum absolute atomic E-state index is 15.4. The molecule has 7 aromatic rings. The molecule has 0 aliphatic carbocycles. The number of halogens is 4. The number of hydrogen-bond donors (Lipinski definition) is 1. The van der Waals surface area contributed by atoms with Crippen molar-refractivity contribution in [2.24, 2.45) is 5.10 Å². The summed E-state index contributed by atoms with van der Waals surface area (Å²) in [6, 6.07) is 33.8. The molecule has 0 aliphatic heterocycles. The van der Waals surface area contributed by atoms with Gasteiger partial charge in [0.05, 0.1) is 42.6 Å². The molecule has 1 unspecified atom stereocenters. The van der Waals surface area contributed by atoms with Gasteiger partial charge in [-0.25, -0.2) is 24.0 Å². The number of carbonyl (C=O) groups is 3. The number of ether oxygens (including phenoxy) is 6. The second kappa shape index (κ2) is 26.2. The monoisotopic (exact) mass is 1060 g/mol. The van der Waals surface area contributed by atoms with Crippen molar-refractivity contribution < 1.29 is 65.5 Å². The third-order valence-corrected chi connectivity index (χ3v) is 12.5. The third-order valence-electron chi connectivity index (χ3n) is 11.4. The van der Waals surface area contributed by atoms with Crippen molar-refractivity contribution in [3.8, 4) is 34.1 Å². The van der Waals surface area contributed by atoms with Crippen LogP contribution in [0.5, 0.6) is 23.0 Å². The minimum atomic E-state index is -4.93. The summed E-state index contributed by atoms with van der Waals surface area (Å²) in [7, 11) is 0. The van der Waals surface area contributed by atoms with E-state index >= 15 is 4.39 Å². The summed E-state index contributed by atoms with van der Waals surface area (Å²) in [4.78, 5) is 41.1. The minimum absolute atomic E-state index is 0.0234. The van der Waals surface area contributed by atoms with Crippen molar-refractivity contribution in [3.05, 3.63) is 181 Å². The highest BCUT2D eigenvalue weighted by molar-refractivity contribution is 7.22. The molecular formula is C58H53F4N3O10S. The number of alkyl halides is 3. The summed E-state index contributed by atoms with van der Waals surface area (Å²) in [6.07, 6.45) is -1.00. The Morgan fingerprint density at radius 2 is 1.61 bits per heavy atom. The summed E-state index contributed by atoms with van der Waals surface area (Å²) in [6.45, 7) is 11.4. The Balaban J connectivity index is 1.17. The van der Waals surface area contributed by atoms with Crippen LogP contribution in [0.3, 0.4) is 0 Å². The number of aliphatic hydroxyl groups excluding tert-OH is 1. The van der Waals surface area contributed by atoms with Gasteiger partial charge in [-0.1, -0.05) is 90.7 Å². The molecule has 0 fully saturated rings. The van der Waals surface area contributed by atoms with E-state index in [1.165, 1.54) is 17.4 Å². The predicted octanol–water partition coefficient (Wildman–Crippen LogP) is 12.2. The topological polar surface area (TPSA) is 155 Å². The molecule has 13 nitrogen and oxygen atoms in total. The van der Waals surface area contributed by atoms with E-state index in [9.17, 15) is 32.7 Å². The van der Waals surface area contributed by atoms with Gasteiger partial charge in [-0.2, -0.15) is 18.3 Å². The molecule has 0 amide bonds. The summed E-state index contributed by atoms with van der Waals surface area (Å²) in [5, 5.41) is 18.8. The Morgan fingerprint density at radius 3 is 2.34 bits per heavy atom. The van der Waals surface area contributed by atoms with Gasteiger partial charge in [0, 0.05) is 48.8 Å². The van der Waals surface area contributed by atoms with E-state index in [-0.39, 0.29) is 82.5 Å². The van der Waals surface area contributed by atoms with E-state index < -0.39 is 41.6 Å². The maximum Gasteiger partial charge on any atom is 0.422 e. The number of nitrogens with zero attached hydrogens (tertiary/aromatic N) is 3. The van der Waals surface area contributed by atoms with Crippen LogP contribution in [0.25, 0.3) is 32.1 Å². The van der Waals surface area contributed by atoms with E-state index in [2.05, 4.69) is 19.7 Å². The fraction of sp³-hybridized carbons (Fsp3) is 0.224. The average molecular weight is 1060 g/mol. The number of hydrazone groups is 1. The van der Waals surface area contributed by atoms with E-state index in [0.717, 1.165) is 32.6 Å². The smallest absolute Gasteiger partial charge is 0.422 e. The predicted molar refractivity (Wildman–Crippen MR) is 284 cm³/mol. The minimum Gasteiger partial charge on any atom is -0.493 e. The summed E-state index contributed by atoms with van der Waals surface area (Å²) in [5.41, 5.74) is 2.92. The highest BCUT2D eigenvalue weighted by atomic mass is 32.1. The molecule has 6 aromatic carbocycles. The standard InChI is InChI=1S/C58H53F4N3O10S/c1-5-25-65(57-64-49-10-7-8-11-52(49)76-57)63-36-44-33-47(70-27-9-28-73-56(69)38(4)58(60,61)62)35-51(71-29-30-72-53(67)6-2)55(44)43-17-15-40-31-42(16-14-41(40)32-43)50(24-26-66)74-46-22-18-39(48(59)34-46)19-23-54(68)75-45-20-12-37(3)13-21-45/h5-8,10-18,20-22,31-36,50,66H,1-2,4,9,19,23-30H2,3H3/b63-36+. The number of benzene rings is 6. The second-order valence-electron chi connectivity index (χ2n) is 17.0. The lowest BCUT2D eigenvalue weighted by Gasteiger charge is -2.20. The molecule has 18 heteroatoms. The maximum atomic E-state index is 15.4.